The Morgan fingerprint density at radius 1 is 1.11 bits per heavy atom. The Morgan fingerprint density at radius 3 is 2.56 bits per heavy atom. The molecule has 27 heavy (non-hydrogen) atoms. The van der Waals surface area contributed by atoms with Crippen LogP contribution in [0.3, 0.4) is 0 Å². The first-order chi connectivity index (χ1) is 12.8. The summed E-state index contributed by atoms with van der Waals surface area (Å²) in [6, 6.07) is 9.50. The maximum atomic E-state index is 13.1. The first-order valence-electron chi connectivity index (χ1n) is 8.33. The van der Waals surface area contributed by atoms with E-state index < -0.39 is 27.1 Å². The van der Waals surface area contributed by atoms with E-state index >= 15 is 0 Å². The van der Waals surface area contributed by atoms with Crippen LogP contribution < -0.4 is 4.74 Å². The van der Waals surface area contributed by atoms with Gasteiger partial charge in [-0.3, -0.25) is 0 Å². The Bertz CT molecular complexity index is 959. The van der Waals surface area contributed by atoms with Crippen LogP contribution in [0.4, 0.5) is 13.2 Å². The lowest BCUT2D eigenvalue weighted by Gasteiger charge is -2.24. The highest BCUT2D eigenvalue weighted by Crippen LogP contribution is 2.42. The van der Waals surface area contributed by atoms with Crippen LogP contribution in [0.5, 0.6) is 5.75 Å². The molecule has 0 radical (unpaired) electrons. The SMILES string of the molecule is O=S(=O)(c1ccc2c(c1)CCO2)N1CCS[C@@H]1c1ccc(C(F)(F)F)cc1. The first-order valence-corrected chi connectivity index (χ1v) is 10.8. The van der Waals surface area contributed by atoms with Crippen LogP contribution in [-0.2, 0) is 22.6 Å². The summed E-state index contributed by atoms with van der Waals surface area (Å²) in [6.45, 7) is 0.846. The lowest BCUT2D eigenvalue weighted by atomic mass is 10.1. The fourth-order valence-corrected chi connectivity index (χ4v) is 6.55. The van der Waals surface area contributed by atoms with Gasteiger partial charge in [0.25, 0.3) is 0 Å². The van der Waals surface area contributed by atoms with Crippen LogP contribution in [0.15, 0.2) is 47.4 Å². The molecule has 2 aliphatic rings. The lowest BCUT2D eigenvalue weighted by molar-refractivity contribution is -0.137. The minimum absolute atomic E-state index is 0.186. The predicted molar refractivity (Wildman–Crippen MR) is 96.2 cm³/mol. The van der Waals surface area contributed by atoms with Gasteiger partial charge >= 0.3 is 6.18 Å². The van der Waals surface area contributed by atoms with Crippen molar-refractivity contribution in [2.75, 3.05) is 18.9 Å². The van der Waals surface area contributed by atoms with Gasteiger partial charge in [0.05, 0.1) is 22.4 Å². The molecule has 2 aromatic rings. The Labute approximate surface area is 159 Å². The van der Waals surface area contributed by atoms with Crippen LogP contribution >= 0.6 is 11.8 Å². The summed E-state index contributed by atoms with van der Waals surface area (Å²) in [5, 5.41) is -0.540. The zero-order valence-electron chi connectivity index (χ0n) is 14.1. The molecule has 4 nitrogen and oxygen atoms in total. The van der Waals surface area contributed by atoms with E-state index in [1.165, 1.54) is 34.3 Å². The minimum Gasteiger partial charge on any atom is -0.493 e. The summed E-state index contributed by atoms with van der Waals surface area (Å²) in [4.78, 5) is 0.186. The summed E-state index contributed by atoms with van der Waals surface area (Å²) in [5.41, 5.74) is 0.648. The molecule has 0 spiro atoms. The average Bonchev–Trinajstić information content (AvgIpc) is 3.30. The number of fused-ring (bicyclic) bond motifs is 1. The van der Waals surface area contributed by atoms with E-state index in [0.717, 1.165) is 17.7 Å². The molecular formula is C18H16F3NO3S2. The Kier molecular flexibility index (Phi) is 4.64. The molecular weight excluding hydrogens is 399 g/mol. The molecule has 0 unspecified atom stereocenters. The summed E-state index contributed by atoms with van der Waals surface area (Å²) < 4.78 is 71.4. The summed E-state index contributed by atoms with van der Waals surface area (Å²) in [5.74, 6) is 1.28. The highest BCUT2D eigenvalue weighted by Gasteiger charge is 2.38. The van der Waals surface area contributed by atoms with Gasteiger partial charge in [0.15, 0.2) is 0 Å². The van der Waals surface area contributed by atoms with Gasteiger partial charge in [-0.1, -0.05) is 12.1 Å². The summed E-state index contributed by atoms with van der Waals surface area (Å²) in [7, 11) is -3.76. The van der Waals surface area contributed by atoms with E-state index in [0.29, 0.717) is 36.6 Å². The fourth-order valence-electron chi connectivity index (χ4n) is 3.26. The van der Waals surface area contributed by atoms with Crippen molar-refractivity contribution in [1.82, 2.24) is 4.31 Å². The van der Waals surface area contributed by atoms with E-state index in [2.05, 4.69) is 0 Å². The zero-order chi connectivity index (χ0) is 19.2. The summed E-state index contributed by atoms with van der Waals surface area (Å²) >= 11 is 1.40. The van der Waals surface area contributed by atoms with Crippen molar-refractivity contribution in [1.29, 1.82) is 0 Å². The standard InChI is InChI=1S/C18H16F3NO3S2/c19-18(20,21)14-3-1-12(2-4-14)17-22(8-10-26-17)27(23,24)15-5-6-16-13(11-15)7-9-25-16/h1-6,11,17H,7-10H2/t17-/m1/s1. The topological polar surface area (TPSA) is 46.6 Å². The fraction of sp³-hybridized carbons (Fsp3) is 0.333. The van der Waals surface area contributed by atoms with Gasteiger partial charge in [0.1, 0.15) is 5.75 Å². The number of sulfonamides is 1. The van der Waals surface area contributed by atoms with E-state index in [-0.39, 0.29) is 4.90 Å². The van der Waals surface area contributed by atoms with Gasteiger partial charge < -0.3 is 4.74 Å². The first kappa shape index (κ1) is 18.6. The molecule has 2 heterocycles. The summed E-state index contributed by atoms with van der Waals surface area (Å²) in [6.07, 6.45) is -3.75. The van der Waals surface area contributed by atoms with Crippen LogP contribution in [0.25, 0.3) is 0 Å². The number of thioether (sulfide) groups is 1. The van der Waals surface area contributed by atoms with Crippen LogP contribution in [0, 0.1) is 0 Å². The maximum absolute atomic E-state index is 13.1. The second-order valence-electron chi connectivity index (χ2n) is 6.33. The number of ether oxygens (including phenoxy) is 1. The molecule has 2 aromatic carbocycles. The predicted octanol–water partition coefficient (Wildman–Crippen LogP) is 4.08. The van der Waals surface area contributed by atoms with Gasteiger partial charge in [0, 0.05) is 18.7 Å². The number of benzene rings is 2. The third-order valence-electron chi connectivity index (χ3n) is 4.64. The molecule has 0 amide bonds. The Hall–Kier alpha value is -1.71. The smallest absolute Gasteiger partial charge is 0.416 e. The van der Waals surface area contributed by atoms with Crippen molar-refractivity contribution in [2.45, 2.75) is 22.9 Å². The Morgan fingerprint density at radius 2 is 1.85 bits per heavy atom. The largest absolute Gasteiger partial charge is 0.493 e. The van der Waals surface area contributed by atoms with Crippen molar-refractivity contribution >= 4 is 21.8 Å². The van der Waals surface area contributed by atoms with Gasteiger partial charge in [-0.05, 0) is 41.5 Å². The maximum Gasteiger partial charge on any atom is 0.416 e. The third-order valence-corrected chi connectivity index (χ3v) is 7.89. The molecule has 0 aromatic heterocycles. The molecule has 1 atom stereocenters. The molecule has 9 heteroatoms. The molecule has 0 bridgehead atoms. The van der Waals surface area contributed by atoms with E-state index in [4.69, 9.17) is 4.74 Å². The van der Waals surface area contributed by atoms with Crippen LogP contribution in [0.2, 0.25) is 0 Å². The van der Waals surface area contributed by atoms with Crippen LogP contribution in [-0.4, -0.2) is 31.6 Å². The van der Waals surface area contributed by atoms with Crippen LogP contribution in [0.1, 0.15) is 22.1 Å². The number of hydrogen-bond acceptors (Lipinski definition) is 4. The van der Waals surface area contributed by atoms with Gasteiger partial charge in [-0.2, -0.15) is 17.5 Å². The number of nitrogens with zero attached hydrogens (tertiary/aromatic N) is 1. The highest BCUT2D eigenvalue weighted by atomic mass is 32.2. The lowest BCUT2D eigenvalue weighted by Crippen LogP contribution is -2.30. The van der Waals surface area contributed by atoms with Gasteiger partial charge in [-0.15, -0.1) is 11.8 Å². The van der Waals surface area contributed by atoms with Crippen molar-refractivity contribution in [3.63, 3.8) is 0 Å². The van der Waals surface area contributed by atoms with Crippen molar-refractivity contribution in [3.05, 3.63) is 59.2 Å². The molecule has 2 aliphatic heterocycles. The molecule has 1 saturated heterocycles. The van der Waals surface area contributed by atoms with Crippen molar-refractivity contribution in [2.24, 2.45) is 0 Å². The van der Waals surface area contributed by atoms with Gasteiger partial charge in [0.2, 0.25) is 10.0 Å². The van der Waals surface area contributed by atoms with Crippen molar-refractivity contribution in [3.8, 4) is 5.75 Å². The van der Waals surface area contributed by atoms with E-state index in [1.54, 1.807) is 12.1 Å². The number of alkyl halides is 3. The zero-order valence-corrected chi connectivity index (χ0v) is 15.7. The average molecular weight is 415 g/mol. The second-order valence-corrected chi connectivity index (χ2v) is 9.41. The molecule has 1 fully saturated rings. The molecule has 0 aliphatic carbocycles. The third kappa shape index (κ3) is 3.43. The van der Waals surface area contributed by atoms with Crippen molar-refractivity contribution < 1.29 is 26.3 Å². The molecule has 4 rings (SSSR count). The Balaban J connectivity index is 1.64. The second kappa shape index (κ2) is 6.72. The normalized spacial score (nSPS) is 20.5. The quantitative estimate of drug-likeness (QED) is 0.758. The molecule has 0 saturated carbocycles. The number of halogens is 3. The van der Waals surface area contributed by atoms with E-state index in [9.17, 15) is 21.6 Å². The number of rotatable bonds is 3. The van der Waals surface area contributed by atoms with Gasteiger partial charge in [-0.25, -0.2) is 8.42 Å². The highest BCUT2D eigenvalue weighted by molar-refractivity contribution is 8.01. The van der Waals surface area contributed by atoms with E-state index in [1.807, 2.05) is 0 Å². The molecule has 0 N–H and O–H groups in total. The monoisotopic (exact) mass is 415 g/mol. The minimum atomic E-state index is -4.42. The molecule has 144 valence electrons. The number of hydrogen-bond donors (Lipinski definition) is 0.